The van der Waals surface area contributed by atoms with Crippen molar-refractivity contribution in [3.63, 3.8) is 0 Å². The molecule has 0 fully saturated rings. The van der Waals surface area contributed by atoms with Crippen LogP contribution in [0, 0.1) is 0 Å². The Bertz CT molecular complexity index is 222. The SMILES string of the molecule is O=C(CS)c1ccncc1. The van der Waals surface area contributed by atoms with Gasteiger partial charge in [0.1, 0.15) is 0 Å². The summed E-state index contributed by atoms with van der Waals surface area (Å²) in [5, 5.41) is 0. The quantitative estimate of drug-likeness (QED) is 0.511. The Balaban J connectivity index is 2.85. The van der Waals surface area contributed by atoms with E-state index in [9.17, 15) is 4.79 Å². The molecule has 0 spiro atoms. The van der Waals surface area contributed by atoms with Gasteiger partial charge in [-0.2, -0.15) is 12.6 Å². The smallest absolute Gasteiger partial charge is 0.172 e. The average molecular weight is 153 g/mol. The molecular weight excluding hydrogens is 146 g/mol. The summed E-state index contributed by atoms with van der Waals surface area (Å²) in [5.74, 6) is 0.287. The molecule has 0 bridgehead atoms. The molecule has 0 aliphatic heterocycles. The van der Waals surface area contributed by atoms with Crippen molar-refractivity contribution in [1.82, 2.24) is 4.98 Å². The highest BCUT2D eigenvalue weighted by molar-refractivity contribution is 7.81. The number of hydrogen-bond acceptors (Lipinski definition) is 3. The Morgan fingerprint density at radius 1 is 1.50 bits per heavy atom. The van der Waals surface area contributed by atoms with Crippen LogP contribution in [0.5, 0.6) is 0 Å². The molecule has 0 radical (unpaired) electrons. The number of hydrogen-bond donors (Lipinski definition) is 1. The molecule has 0 amide bonds. The summed E-state index contributed by atoms with van der Waals surface area (Å²) in [6.07, 6.45) is 3.19. The molecule has 1 aromatic rings. The lowest BCUT2D eigenvalue weighted by Crippen LogP contribution is -1.99. The summed E-state index contributed by atoms with van der Waals surface area (Å²) < 4.78 is 0. The number of aromatic nitrogens is 1. The Labute approximate surface area is 64.7 Å². The van der Waals surface area contributed by atoms with Crippen molar-refractivity contribution in [3.05, 3.63) is 30.1 Å². The lowest BCUT2D eigenvalue weighted by atomic mass is 10.2. The van der Waals surface area contributed by atoms with Crippen LogP contribution in [-0.4, -0.2) is 16.5 Å². The maximum absolute atomic E-state index is 10.9. The summed E-state index contributed by atoms with van der Waals surface area (Å²) >= 11 is 3.86. The van der Waals surface area contributed by atoms with Crippen LogP contribution < -0.4 is 0 Å². The van der Waals surface area contributed by atoms with Crippen LogP contribution in [-0.2, 0) is 0 Å². The van der Waals surface area contributed by atoms with Gasteiger partial charge in [-0.1, -0.05) is 0 Å². The second-order valence-electron chi connectivity index (χ2n) is 1.82. The number of pyridine rings is 1. The van der Waals surface area contributed by atoms with E-state index in [1.54, 1.807) is 24.5 Å². The Morgan fingerprint density at radius 2 is 2.10 bits per heavy atom. The van der Waals surface area contributed by atoms with Gasteiger partial charge >= 0.3 is 0 Å². The first-order chi connectivity index (χ1) is 4.84. The van der Waals surface area contributed by atoms with Gasteiger partial charge in [0.15, 0.2) is 5.78 Å². The predicted molar refractivity (Wildman–Crippen MR) is 42.4 cm³/mol. The van der Waals surface area contributed by atoms with E-state index >= 15 is 0 Å². The van der Waals surface area contributed by atoms with Crippen molar-refractivity contribution in [3.8, 4) is 0 Å². The Hall–Kier alpha value is -0.830. The number of carbonyl (C=O) groups excluding carboxylic acids is 1. The van der Waals surface area contributed by atoms with E-state index < -0.39 is 0 Å². The molecule has 2 nitrogen and oxygen atoms in total. The first kappa shape index (κ1) is 7.28. The maximum Gasteiger partial charge on any atom is 0.172 e. The van der Waals surface area contributed by atoms with Crippen LogP contribution >= 0.6 is 12.6 Å². The molecule has 0 N–H and O–H groups in total. The van der Waals surface area contributed by atoms with E-state index in [2.05, 4.69) is 17.6 Å². The lowest BCUT2D eigenvalue weighted by Gasteiger charge is -1.92. The monoisotopic (exact) mass is 153 g/mol. The highest BCUT2D eigenvalue weighted by atomic mass is 32.1. The molecule has 0 aliphatic carbocycles. The van der Waals surface area contributed by atoms with E-state index in [4.69, 9.17) is 0 Å². The first-order valence-corrected chi connectivity index (χ1v) is 3.52. The molecule has 0 atom stereocenters. The maximum atomic E-state index is 10.9. The zero-order chi connectivity index (χ0) is 7.40. The molecule has 10 heavy (non-hydrogen) atoms. The minimum atomic E-state index is 0.0331. The third-order valence-electron chi connectivity index (χ3n) is 1.15. The van der Waals surface area contributed by atoms with Gasteiger partial charge in [-0.3, -0.25) is 9.78 Å². The van der Waals surface area contributed by atoms with Crippen molar-refractivity contribution >= 4 is 18.4 Å². The molecule has 0 saturated carbocycles. The molecule has 3 heteroatoms. The molecule has 52 valence electrons. The number of rotatable bonds is 2. The molecule has 0 unspecified atom stereocenters. The van der Waals surface area contributed by atoms with Crippen LogP contribution in [0.3, 0.4) is 0 Å². The third kappa shape index (κ3) is 1.57. The van der Waals surface area contributed by atoms with Gasteiger partial charge in [-0.05, 0) is 12.1 Å². The highest BCUT2D eigenvalue weighted by Crippen LogP contribution is 1.98. The van der Waals surface area contributed by atoms with E-state index in [0.29, 0.717) is 5.56 Å². The molecule has 1 aromatic heterocycles. The van der Waals surface area contributed by atoms with Crippen LogP contribution in [0.1, 0.15) is 10.4 Å². The van der Waals surface area contributed by atoms with Gasteiger partial charge in [-0.25, -0.2) is 0 Å². The number of nitrogens with zero attached hydrogens (tertiary/aromatic N) is 1. The summed E-state index contributed by atoms with van der Waals surface area (Å²) in [7, 11) is 0. The van der Waals surface area contributed by atoms with Gasteiger partial charge in [-0.15, -0.1) is 0 Å². The van der Waals surface area contributed by atoms with E-state index in [1.807, 2.05) is 0 Å². The largest absolute Gasteiger partial charge is 0.293 e. The van der Waals surface area contributed by atoms with E-state index in [1.165, 1.54) is 0 Å². The zero-order valence-corrected chi connectivity index (χ0v) is 6.21. The van der Waals surface area contributed by atoms with Crippen LogP contribution in [0.15, 0.2) is 24.5 Å². The van der Waals surface area contributed by atoms with Crippen molar-refractivity contribution in [2.75, 3.05) is 5.75 Å². The van der Waals surface area contributed by atoms with E-state index in [-0.39, 0.29) is 11.5 Å². The average Bonchev–Trinajstić information content (AvgIpc) is 2.05. The van der Waals surface area contributed by atoms with Crippen molar-refractivity contribution < 1.29 is 4.79 Å². The Morgan fingerprint density at radius 3 is 2.60 bits per heavy atom. The van der Waals surface area contributed by atoms with Crippen LogP contribution in [0.2, 0.25) is 0 Å². The zero-order valence-electron chi connectivity index (χ0n) is 5.32. The fourth-order valence-electron chi connectivity index (χ4n) is 0.629. The summed E-state index contributed by atoms with van der Waals surface area (Å²) in [4.78, 5) is 14.7. The standard InChI is InChI=1S/C7H7NOS/c9-7(5-10)6-1-3-8-4-2-6/h1-4,10H,5H2. The molecular formula is C7H7NOS. The number of Topliss-reactive ketones (excluding diaryl/α,β-unsaturated/α-hetero) is 1. The van der Waals surface area contributed by atoms with E-state index in [0.717, 1.165) is 0 Å². The van der Waals surface area contributed by atoms with Crippen molar-refractivity contribution in [1.29, 1.82) is 0 Å². The van der Waals surface area contributed by atoms with Gasteiger partial charge in [0, 0.05) is 18.0 Å². The molecule has 1 heterocycles. The summed E-state index contributed by atoms with van der Waals surface area (Å²) in [5.41, 5.74) is 0.671. The highest BCUT2D eigenvalue weighted by Gasteiger charge is 1.99. The molecule has 0 aliphatic rings. The summed E-state index contributed by atoms with van der Waals surface area (Å²) in [6.45, 7) is 0. The third-order valence-corrected chi connectivity index (χ3v) is 1.43. The number of ketones is 1. The number of thiol groups is 1. The second-order valence-corrected chi connectivity index (χ2v) is 2.13. The van der Waals surface area contributed by atoms with Gasteiger partial charge in [0.05, 0.1) is 5.75 Å². The van der Waals surface area contributed by atoms with Crippen LogP contribution in [0.4, 0.5) is 0 Å². The van der Waals surface area contributed by atoms with Gasteiger partial charge in [0.2, 0.25) is 0 Å². The fraction of sp³-hybridized carbons (Fsp3) is 0.143. The first-order valence-electron chi connectivity index (χ1n) is 2.88. The van der Waals surface area contributed by atoms with Crippen molar-refractivity contribution in [2.24, 2.45) is 0 Å². The topological polar surface area (TPSA) is 30.0 Å². The minimum absolute atomic E-state index is 0.0331. The van der Waals surface area contributed by atoms with Gasteiger partial charge in [0.25, 0.3) is 0 Å². The second kappa shape index (κ2) is 3.37. The normalized spacial score (nSPS) is 9.30. The lowest BCUT2D eigenvalue weighted by molar-refractivity contribution is 0.102. The Kier molecular flexibility index (Phi) is 2.45. The van der Waals surface area contributed by atoms with Crippen molar-refractivity contribution in [2.45, 2.75) is 0 Å². The molecule has 0 saturated heterocycles. The van der Waals surface area contributed by atoms with Crippen LogP contribution in [0.25, 0.3) is 0 Å². The molecule has 0 aromatic carbocycles. The minimum Gasteiger partial charge on any atom is -0.293 e. The van der Waals surface area contributed by atoms with Gasteiger partial charge < -0.3 is 0 Å². The predicted octanol–water partition coefficient (Wildman–Crippen LogP) is 1.19. The number of carbonyl (C=O) groups is 1. The fourth-order valence-corrected chi connectivity index (χ4v) is 0.812. The molecule has 1 rings (SSSR count). The summed E-state index contributed by atoms with van der Waals surface area (Å²) in [6, 6.07) is 3.36.